The smallest absolute Gasteiger partial charge is 0.410 e. The van der Waals surface area contributed by atoms with Crippen LogP contribution < -0.4 is 5.32 Å². The zero-order valence-corrected chi connectivity index (χ0v) is 18.7. The molecule has 3 heterocycles. The van der Waals surface area contributed by atoms with Crippen molar-refractivity contribution >= 4 is 23.8 Å². The number of likely N-dealkylation sites (tertiary alicyclic amines) is 1. The Morgan fingerprint density at radius 2 is 1.97 bits per heavy atom. The van der Waals surface area contributed by atoms with Crippen LogP contribution in [0.1, 0.15) is 65.9 Å². The first kappa shape index (κ1) is 21.5. The van der Waals surface area contributed by atoms with Crippen molar-refractivity contribution in [2.24, 2.45) is 16.8 Å². The van der Waals surface area contributed by atoms with Crippen LogP contribution in [0, 0.1) is 11.8 Å². The molecule has 0 bridgehead atoms. The van der Waals surface area contributed by atoms with Crippen LogP contribution in [0.5, 0.6) is 0 Å². The van der Waals surface area contributed by atoms with Gasteiger partial charge in [0.15, 0.2) is 5.82 Å². The highest BCUT2D eigenvalue weighted by Gasteiger charge is 2.29. The lowest BCUT2D eigenvalue weighted by Gasteiger charge is -2.34. The van der Waals surface area contributed by atoms with Crippen LogP contribution in [0.25, 0.3) is 0 Å². The van der Waals surface area contributed by atoms with Crippen molar-refractivity contribution in [3.05, 3.63) is 11.5 Å². The van der Waals surface area contributed by atoms with E-state index in [4.69, 9.17) is 19.7 Å². The SMILES string of the molecule is CCc1nc2c(c(NC3CCN(C(=O)OC(C)(C)C)CC3)n1)N=CC(C(C)C)C2. The highest BCUT2D eigenvalue weighted by atomic mass is 16.6. The van der Waals surface area contributed by atoms with Gasteiger partial charge in [-0.2, -0.15) is 0 Å². The lowest BCUT2D eigenvalue weighted by atomic mass is 9.90. The minimum absolute atomic E-state index is 0.229. The fourth-order valence-electron chi connectivity index (χ4n) is 3.67. The van der Waals surface area contributed by atoms with Gasteiger partial charge in [-0.1, -0.05) is 20.8 Å². The lowest BCUT2D eigenvalue weighted by Crippen LogP contribution is -2.44. The second kappa shape index (κ2) is 8.67. The van der Waals surface area contributed by atoms with Crippen LogP contribution >= 0.6 is 0 Å². The second-order valence-electron chi connectivity index (χ2n) is 9.41. The predicted molar refractivity (Wildman–Crippen MR) is 116 cm³/mol. The summed E-state index contributed by atoms with van der Waals surface area (Å²) in [6.07, 6.45) is 5.26. The normalized spacial score (nSPS) is 20.0. The summed E-state index contributed by atoms with van der Waals surface area (Å²) < 4.78 is 5.49. The van der Waals surface area contributed by atoms with E-state index < -0.39 is 5.60 Å². The Kier molecular flexibility index (Phi) is 6.44. The van der Waals surface area contributed by atoms with Gasteiger partial charge in [0.2, 0.25) is 0 Å². The molecule has 7 heteroatoms. The van der Waals surface area contributed by atoms with E-state index in [2.05, 4.69) is 32.3 Å². The molecular formula is C22H35N5O2. The van der Waals surface area contributed by atoms with Crippen LogP contribution in [0.4, 0.5) is 16.3 Å². The van der Waals surface area contributed by atoms with E-state index in [-0.39, 0.29) is 12.1 Å². The van der Waals surface area contributed by atoms with E-state index >= 15 is 0 Å². The molecule has 7 nitrogen and oxygen atoms in total. The third kappa shape index (κ3) is 5.46. The van der Waals surface area contributed by atoms with Crippen molar-refractivity contribution in [2.45, 2.75) is 78.9 Å². The molecule has 29 heavy (non-hydrogen) atoms. The zero-order valence-electron chi connectivity index (χ0n) is 18.7. The molecule has 0 aliphatic carbocycles. The molecule has 1 atom stereocenters. The number of aromatic nitrogens is 2. The Morgan fingerprint density at radius 1 is 1.28 bits per heavy atom. The first-order valence-corrected chi connectivity index (χ1v) is 10.8. The van der Waals surface area contributed by atoms with Crippen LogP contribution in [0.15, 0.2) is 4.99 Å². The van der Waals surface area contributed by atoms with E-state index in [1.54, 1.807) is 4.90 Å². The van der Waals surface area contributed by atoms with Gasteiger partial charge in [-0.3, -0.25) is 4.99 Å². The maximum atomic E-state index is 12.3. The highest BCUT2D eigenvalue weighted by molar-refractivity contribution is 5.76. The molecule has 1 fully saturated rings. The molecule has 2 aliphatic heterocycles. The first-order valence-electron chi connectivity index (χ1n) is 10.8. The number of fused-ring (bicyclic) bond motifs is 1. The number of amides is 1. The van der Waals surface area contributed by atoms with Gasteiger partial charge in [-0.15, -0.1) is 0 Å². The van der Waals surface area contributed by atoms with Crippen molar-refractivity contribution in [3.63, 3.8) is 0 Å². The molecule has 1 saturated heterocycles. The summed E-state index contributed by atoms with van der Waals surface area (Å²) in [5.41, 5.74) is 1.47. The number of carbonyl (C=O) groups excluding carboxylic acids is 1. The van der Waals surface area contributed by atoms with E-state index in [1.807, 2.05) is 20.8 Å². The Morgan fingerprint density at radius 3 is 2.55 bits per heavy atom. The highest BCUT2D eigenvalue weighted by Crippen LogP contribution is 2.34. The summed E-state index contributed by atoms with van der Waals surface area (Å²) in [4.78, 5) is 28.3. The van der Waals surface area contributed by atoms with Gasteiger partial charge < -0.3 is 15.0 Å². The molecule has 2 aliphatic rings. The monoisotopic (exact) mass is 401 g/mol. The van der Waals surface area contributed by atoms with Crippen molar-refractivity contribution in [1.82, 2.24) is 14.9 Å². The number of hydrogen-bond acceptors (Lipinski definition) is 6. The van der Waals surface area contributed by atoms with Gasteiger partial charge in [-0.25, -0.2) is 14.8 Å². The fourth-order valence-corrected chi connectivity index (χ4v) is 3.67. The Balaban J connectivity index is 1.67. The zero-order chi connectivity index (χ0) is 21.2. The standard InChI is InChI=1S/C22H35N5O2/c1-7-18-25-17-12-15(14(2)3)13-23-19(17)20(26-18)24-16-8-10-27(11-9-16)21(28)29-22(4,5)6/h13-16H,7-12H2,1-6H3,(H,24,25,26). The summed E-state index contributed by atoms with van der Waals surface area (Å²) >= 11 is 0. The number of hydrogen-bond donors (Lipinski definition) is 1. The fraction of sp³-hybridized carbons (Fsp3) is 0.727. The molecule has 1 N–H and O–H groups in total. The van der Waals surface area contributed by atoms with Gasteiger partial charge >= 0.3 is 6.09 Å². The number of ether oxygens (including phenoxy) is 1. The molecule has 1 aromatic rings. The van der Waals surface area contributed by atoms with Gasteiger partial charge in [0.25, 0.3) is 0 Å². The van der Waals surface area contributed by atoms with Gasteiger partial charge in [0.1, 0.15) is 17.1 Å². The molecule has 160 valence electrons. The number of carbonyl (C=O) groups is 1. The second-order valence-corrected chi connectivity index (χ2v) is 9.41. The lowest BCUT2D eigenvalue weighted by molar-refractivity contribution is 0.0210. The molecule has 0 aromatic carbocycles. The number of piperidine rings is 1. The van der Waals surface area contributed by atoms with E-state index in [1.165, 1.54) is 0 Å². The number of nitrogens with one attached hydrogen (secondary N) is 1. The Bertz CT molecular complexity index is 761. The number of aliphatic imine (C=N–C) groups is 1. The van der Waals surface area contributed by atoms with Crippen molar-refractivity contribution in [1.29, 1.82) is 0 Å². The van der Waals surface area contributed by atoms with E-state index in [9.17, 15) is 4.79 Å². The average Bonchev–Trinajstić information content (AvgIpc) is 2.66. The minimum Gasteiger partial charge on any atom is -0.444 e. The quantitative estimate of drug-likeness (QED) is 0.810. The van der Waals surface area contributed by atoms with Crippen molar-refractivity contribution in [3.8, 4) is 0 Å². The molecule has 3 rings (SSSR count). The molecule has 1 unspecified atom stereocenters. The molecule has 0 saturated carbocycles. The largest absolute Gasteiger partial charge is 0.444 e. The molecule has 1 amide bonds. The summed E-state index contributed by atoms with van der Waals surface area (Å²) in [7, 11) is 0. The molecule has 1 aromatic heterocycles. The summed E-state index contributed by atoms with van der Waals surface area (Å²) in [6.45, 7) is 13.6. The van der Waals surface area contributed by atoms with Gasteiger partial charge in [-0.05, 0) is 39.5 Å². The van der Waals surface area contributed by atoms with Crippen molar-refractivity contribution in [2.75, 3.05) is 18.4 Å². The maximum absolute atomic E-state index is 12.3. The molecule has 0 radical (unpaired) electrons. The Labute approximate surface area is 174 Å². The van der Waals surface area contributed by atoms with E-state index in [0.717, 1.165) is 48.7 Å². The van der Waals surface area contributed by atoms with Crippen molar-refractivity contribution < 1.29 is 9.53 Å². The minimum atomic E-state index is -0.464. The van der Waals surface area contributed by atoms with Gasteiger partial charge in [0, 0.05) is 44.1 Å². The predicted octanol–water partition coefficient (Wildman–Crippen LogP) is 4.38. The molecule has 0 spiro atoms. The first-order chi connectivity index (χ1) is 13.7. The van der Waals surface area contributed by atoms with E-state index in [0.29, 0.717) is 24.9 Å². The number of rotatable bonds is 4. The summed E-state index contributed by atoms with van der Waals surface area (Å²) in [5, 5.41) is 3.59. The average molecular weight is 402 g/mol. The van der Waals surface area contributed by atoms with Crippen LogP contribution in [0.2, 0.25) is 0 Å². The van der Waals surface area contributed by atoms with Gasteiger partial charge in [0.05, 0.1) is 5.69 Å². The summed E-state index contributed by atoms with van der Waals surface area (Å²) in [6, 6.07) is 0.260. The third-order valence-corrected chi connectivity index (χ3v) is 5.49. The van der Waals surface area contributed by atoms with Crippen LogP contribution in [-0.2, 0) is 17.6 Å². The number of anilines is 1. The third-order valence-electron chi connectivity index (χ3n) is 5.49. The molecular weight excluding hydrogens is 366 g/mol. The number of nitrogens with zero attached hydrogens (tertiary/aromatic N) is 4. The van der Waals surface area contributed by atoms with Crippen LogP contribution in [-0.4, -0.2) is 51.9 Å². The topological polar surface area (TPSA) is 79.7 Å². The Hall–Kier alpha value is -2.18. The van der Waals surface area contributed by atoms with Crippen LogP contribution in [0.3, 0.4) is 0 Å². The summed E-state index contributed by atoms with van der Waals surface area (Å²) in [5.74, 6) is 2.66. The maximum Gasteiger partial charge on any atom is 0.410 e. The number of aryl methyl sites for hydroxylation is 1.